The molecule has 4 rings (SSSR count). The number of methoxy groups -OCH3 is 1. The number of benzene rings is 1. The summed E-state index contributed by atoms with van der Waals surface area (Å²) >= 11 is 0. The van der Waals surface area contributed by atoms with Crippen LogP contribution in [0, 0.1) is 5.92 Å². The molecule has 1 fully saturated rings. The first-order valence-electron chi connectivity index (χ1n) is 10.5. The minimum absolute atomic E-state index is 0.000666. The summed E-state index contributed by atoms with van der Waals surface area (Å²) in [7, 11) is 5.21. The molecule has 3 heterocycles. The SMILES string of the molecule is COc1ccc(C(=O)N2C[C@H]3C[C@H](C2)c2ccc(NC(=O)CN(C)C)c(=O)n2C3)cc1. The van der Waals surface area contributed by atoms with Crippen molar-refractivity contribution >= 4 is 17.5 Å². The first-order valence-corrected chi connectivity index (χ1v) is 10.5. The molecule has 1 aromatic heterocycles. The Kier molecular flexibility index (Phi) is 5.82. The van der Waals surface area contributed by atoms with Crippen molar-refractivity contribution in [3.63, 3.8) is 0 Å². The maximum atomic E-state index is 13.0. The van der Waals surface area contributed by atoms with Gasteiger partial charge >= 0.3 is 0 Å². The molecule has 1 aromatic carbocycles. The second kappa shape index (κ2) is 8.55. The van der Waals surface area contributed by atoms with Crippen molar-refractivity contribution in [3.8, 4) is 5.75 Å². The number of likely N-dealkylation sites (N-methyl/N-ethyl adjacent to an activating group) is 1. The molecule has 2 bridgehead atoms. The van der Waals surface area contributed by atoms with E-state index in [9.17, 15) is 14.4 Å². The summed E-state index contributed by atoms with van der Waals surface area (Å²) in [6.45, 7) is 1.96. The molecule has 8 heteroatoms. The molecule has 0 saturated carbocycles. The number of anilines is 1. The number of nitrogens with zero attached hydrogens (tertiary/aromatic N) is 3. The zero-order valence-electron chi connectivity index (χ0n) is 18.1. The van der Waals surface area contributed by atoms with Gasteiger partial charge in [-0.15, -0.1) is 0 Å². The van der Waals surface area contributed by atoms with Gasteiger partial charge in [-0.3, -0.25) is 14.4 Å². The van der Waals surface area contributed by atoms with Crippen LogP contribution in [0.1, 0.15) is 28.4 Å². The fourth-order valence-corrected chi connectivity index (χ4v) is 4.60. The normalized spacial score (nSPS) is 19.7. The van der Waals surface area contributed by atoms with Gasteiger partial charge in [-0.1, -0.05) is 0 Å². The molecule has 0 unspecified atom stereocenters. The van der Waals surface area contributed by atoms with Gasteiger partial charge in [0, 0.05) is 36.8 Å². The number of nitrogens with one attached hydrogen (secondary N) is 1. The maximum absolute atomic E-state index is 13.0. The van der Waals surface area contributed by atoms with Gasteiger partial charge in [-0.2, -0.15) is 0 Å². The second-order valence-electron chi connectivity index (χ2n) is 8.61. The minimum Gasteiger partial charge on any atom is -0.497 e. The predicted octanol–water partition coefficient (Wildman–Crippen LogP) is 1.62. The van der Waals surface area contributed by atoms with E-state index in [1.807, 2.05) is 11.0 Å². The van der Waals surface area contributed by atoms with Crippen molar-refractivity contribution in [2.45, 2.75) is 18.9 Å². The summed E-state index contributed by atoms with van der Waals surface area (Å²) in [6.07, 6.45) is 0.957. The highest BCUT2D eigenvalue weighted by atomic mass is 16.5. The van der Waals surface area contributed by atoms with Crippen LogP contribution in [0.15, 0.2) is 41.2 Å². The monoisotopic (exact) mass is 424 g/mol. The fraction of sp³-hybridized carbons (Fsp3) is 0.435. The Morgan fingerprint density at radius 3 is 2.52 bits per heavy atom. The Hall–Kier alpha value is -3.13. The molecule has 2 amide bonds. The standard InChI is InChI=1S/C23H28N4O4/c1-25(2)14-21(28)24-19-8-9-20-17-10-15(12-27(20)23(19)30)11-26(13-17)22(29)16-4-6-18(31-3)7-5-16/h4-9,15,17H,10-14H2,1-3H3,(H,24,28)/t15-,17-/m1/s1. The number of aromatic nitrogens is 1. The van der Waals surface area contributed by atoms with Gasteiger partial charge in [0.15, 0.2) is 0 Å². The lowest BCUT2D eigenvalue weighted by molar-refractivity contribution is -0.116. The van der Waals surface area contributed by atoms with Crippen LogP contribution in [-0.2, 0) is 11.3 Å². The number of ether oxygens (including phenoxy) is 1. The molecule has 2 aliphatic heterocycles. The van der Waals surface area contributed by atoms with Gasteiger partial charge in [0.05, 0.1) is 13.7 Å². The number of hydrogen-bond acceptors (Lipinski definition) is 5. The topological polar surface area (TPSA) is 83.9 Å². The van der Waals surface area contributed by atoms with E-state index in [1.165, 1.54) is 0 Å². The fourth-order valence-electron chi connectivity index (χ4n) is 4.60. The highest BCUT2D eigenvalue weighted by molar-refractivity contribution is 5.94. The molecule has 0 spiro atoms. The Bertz CT molecular complexity index is 1040. The average molecular weight is 425 g/mol. The van der Waals surface area contributed by atoms with Crippen molar-refractivity contribution in [3.05, 3.63) is 58.0 Å². The number of fused-ring (bicyclic) bond motifs is 4. The molecule has 2 aliphatic rings. The quantitative estimate of drug-likeness (QED) is 0.789. The van der Waals surface area contributed by atoms with Crippen molar-refractivity contribution in [1.82, 2.24) is 14.4 Å². The lowest BCUT2D eigenvalue weighted by atomic mass is 9.83. The number of pyridine rings is 1. The zero-order valence-corrected chi connectivity index (χ0v) is 18.1. The molecule has 0 aliphatic carbocycles. The van der Waals surface area contributed by atoms with Gasteiger partial charge in [0.1, 0.15) is 11.4 Å². The molecule has 2 aromatic rings. The predicted molar refractivity (Wildman–Crippen MR) is 118 cm³/mol. The van der Waals surface area contributed by atoms with Crippen molar-refractivity contribution in [2.75, 3.05) is 46.2 Å². The van der Waals surface area contributed by atoms with Gasteiger partial charge in [-0.25, -0.2) is 0 Å². The van der Waals surface area contributed by atoms with E-state index in [1.54, 1.807) is 61.0 Å². The maximum Gasteiger partial charge on any atom is 0.274 e. The number of likely N-dealkylation sites (tertiary alicyclic amines) is 1. The molecule has 1 N–H and O–H groups in total. The van der Waals surface area contributed by atoms with E-state index in [0.29, 0.717) is 36.6 Å². The molecular formula is C23H28N4O4. The summed E-state index contributed by atoms with van der Waals surface area (Å²) in [6, 6.07) is 10.7. The Balaban J connectivity index is 1.53. The highest BCUT2D eigenvalue weighted by Gasteiger charge is 2.37. The summed E-state index contributed by atoms with van der Waals surface area (Å²) in [5, 5.41) is 2.73. The van der Waals surface area contributed by atoms with Gasteiger partial charge in [0.2, 0.25) is 5.91 Å². The summed E-state index contributed by atoms with van der Waals surface area (Å²) in [5.74, 6) is 0.817. The van der Waals surface area contributed by atoms with Crippen LogP contribution >= 0.6 is 0 Å². The van der Waals surface area contributed by atoms with E-state index in [4.69, 9.17) is 4.74 Å². The van der Waals surface area contributed by atoms with Crippen molar-refractivity contribution in [2.24, 2.45) is 5.92 Å². The van der Waals surface area contributed by atoms with E-state index in [0.717, 1.165) is 12.1 Å². The molecule has 31 heavy (non-hydrogen) atoms. The number of amides is 2. The Morgan fingerprint density at radius 1 is 1.10 bits per heavy atom. The van der Waals surface area contributed by atoms with E-state index in [2.05, 4.69) is 5.32 Å². The van der Waals surface area contributed by atoms with Gasteiger partial charge in [-0.05, 0) is 62.8 Å². The van der Waals surface area contributed by atoms with Crippen LogP contribution in [0.25, 0.3) is 0 Å². The summed E-state index contributed by atoms with van der Waals surface area (Å²) in [4.78, 5) is 41.8. The first-order chi connectivity index (χ1) is 14.9. The molecular weight excluding hydrogens is 396 g/mol. The van der Waals surface area contributed by atoms with Crippen LogP contribution in [0.3, 0.4) is 0 Å². The Labute approximate surface area is 181 Å². The highest BCUT2D eigenvalue weighted by Crippen LogP contribution is 2.36. The molecule has 1 saturated heterocycles. The van der Waals surface area contributed by atoms with Crippen LogP contribution < -0.4 is 15.6 Å². The van der Waals surface area contributed by atoms with E-state index < -0.39 is 0 Å². The number of carbonyl (C=O) groups excluding carboxylic acids is 2. The number of hydrogen-bond donors (Lipinski definition) is 1. The second-order valence-corrected chi connectivity index (χ2v) is 8.61. The van der Waals surface area contributed by atoms with Crippen molar-refractivity contribution < 1.29 is 14.3 Å². The Morgan fingerprint density at radius 2 is 1.84 bits per heavy atom. The number of rotatable bonds is 5. The third kappa shape index (κ3) is 4.34. The third-order valence-electron chi connectivity index (χ3n) is 5.96. The first kappa shape index (κ1) is 21.1. The van der Waals surface area contributed by atoms with Crippen LogP contribution in [0.2, 0.25) is 0 Å². The lowest BCUT2D eigenvalue weighted by Crippen LogP contribution is -2.49. The third-order valence-corrected chi connectivity index (χ3v) is 5.96. The van der Waals surface area contributed by atoms with E-state index >= 15 is 0 Å². The van der Waals surface area contributed by atoms with E-state index in [-0.39, 0.29) is 35.8 Å². The average Bonchev–Trinajstić information content (AvgIpc) is 2.75. The molecule has 8 nitrogen and oxygen atoms in total. The lowest BCUT2D eigenvalue weighted by Gasteiger charge is -2.43. The number of carbonyl (C=O) groups is 2. The van der Waals surface area contributed by atoms with Gasteiger partial charge < -0.3 is 24.4 Å². The summed E-state index contributed by atoms with van der Waals surface area (Å²) in [5.41, 5.74) is 1.70. The van der Waals surface area contributed by atoms with Crippen LogP contribution in [0.5, 0.6) is 5.75 Å². The van der Waals surface area contributed by atoms with Crippen molar-refractivity contribution in [1.29, 1.82) is 0 Å². The number of piperidine rings is 1. The smallest absolute Gasteiger partial charge is 0.274 e. The zero-order chi connectivity index (χ0) is 22.1. The molecule has 0 radical (unpaired) electrons. The van der Waals surface area contributed by atoms with Crippen LogP contribution in [-0.4, -0.2) is 67.0 Å². The van der Waals surface area contributed by atoms with Gasteiger partial charge in [0.25, 0.3) is 11.5 Å². The minimum atomic E-state index is -0.213. The molecule has 2 atom stereocenters. The molecule has 164 valence electrons. The summed E-state index contributed by atoms with van der Waals surface area (Å²) < 4.78 is 6.95. The van der Waals surface area contributed by atoms with Crippen LogP contribution in [0.4, 0.5) is 5.69 Å². The largest absolute Gasteiger partial charge is 0.497 e.